The van der Waals surface area contributed by atoms with Crippen molar-refractivity contribution in [1.29, 1.82) is 0 Å². The van der Waals surface area contributed by atoms with Crippen LogP contribution in [-0.2, 0) is 4.79 Å². The van der Waals surface area contributed by atoms with Crippen molar-refractivity contribution in [3.8, 4) is 0 Å². The van der Waals surface area contributed by atoms with E-state index in [2.05, 4.69) is 5.32 Å². The van der Waals surface area contributed by atoms with Crippen molar-refractivity contribution in [3.05, 3.63) is 79.4 Å². The molecular formula is C15H10ClN3O5. The van der Waals surface area contributed by atoms with Crippen molar-refractivity contribution in [2.24, 2.45) is 0 Å². The Labute approximate surface area is 140 Å². The second-order valence-electron chi connectivity index (χ2n) is 4.60. The Morgan fingerprint density at radius 2 is 1.71 bits per heavy atom. The second-order valence-corrected chi connectivity index (χ2v) is 5.00. The molecule has 0 radical (unpaired) electrons. The predicted octanol–water partition coefficient (Wildman–Crippen LogP) is 3.81. The summed E-state index contributed by atoms with van der Waals surface area (Å²) in [6.07, 6.45) is 2.58. The molecule has 0 aromatic heterocycles. The molecule has 1 N–H and O–H groups in total. The zero-order valence-electron chi connectivity index (χ0n) is 12.0. The van der Waals surface area contributed by atoms with Gasteiger partial charge in [0.1, 0.15) is 0 Å². The van der Waals surface area contributed by atoms with E-state index in [1.54, 1.807) is 6.07 Å². The zero-order valence-corrected chi connectivity index (χ0v) is 12.8. The molecule has 9 heteroatoms. The third-order valence-electron chi connectivity index (χ3n) is 2.93. The number of rotatable bonds is 5. The van der Waals surface area contributed by atoms with Crippen molar-refractivity contribution in [2.45, 2.75) is 0 Å². The monoisotopic (exact) mass is 347 g/mol. The lowest BCUT2D eigenvalue weighted by atomic mass is 10.2. The average Bonchev–Trinajstić information content (AvgIpc) is 2.55. The average molecular weight is 348 g/mol. The van der Waals surface area contributed by atoms with Gasteiger partial charge in [0.2, 0.25) is 5.91 Å². The zero-order chi connectivity index (χ0) is 17.7. The van der Waals surface area contributed by atoms with Crippen LogP contribution in [0.25, 0.3) is 6.08 Å². The van der Waals surface area contributed by atoms with E-state index in [-0.39, 0.29) is 22.1 Å². The van der Waals surface area contributed by atoms with E-state index in [1.165, 1.54) is 42.5 Å². The normalized spacial score (nSPS) is 10.5. The van der Waals surface area contributed by atoms with Gasteiger partial charge in [-0.15, -0.1) is 0 Å². The summed E-state index contributed by atoms with van der Waals surface area (Å²) in [6.45, 7) is 0. The molecule has 2 aromatic rings. The number of halogens is 1. The van der Waals surface area contributed by atoms with Gasteiger partial charge in [-0.05, 0) is 17.7 Å². The molecule has 122 valence electrons. The summed E-state index contributed by atoms with van der Waals surface area (Å²) in [5, 5.41) is 23.8. The number of carbonyl (C=O) groups excluding carboxylic acids is 1. The number of hydrogen-bond donors (Lipinski definition) is 1. The van der Waals surface area contributed by atoms with Crippen LogP contribution >= 0.6 is 11.6 Å². The number of hydrogen-bond acceptors (Lipinski definition) is 5. The summed E-state index contributed by atoms with van der Waals surface area (Å²) < 4.78 is 0. The van der Waals surface area contributed by atoms with Gasteiger partial charge in [-0.25, -0.2) is 0 Å². The number of benzene rings is 2. The third-order valence-corrected chi connectivity index (χ3v) is 3.24. The summed E-state index contributed by atoms with van der Waals surface area (Å²) in [5.74, 6) is -0.530. The van der Waals surface area contributed by atoms with Crippen LogP contribution in [0.4, 0.5) is 17.1 Å². The fourth-order valence-corrected chi connectivity index (χ4v) is 2.03. The molecule has 0 unspecified atom stereocenters. The molecule has 0 bridgehead atoms. The minimum absolute atomic E-state index is 0.0290. The number of non-ortho nitro benzene ring substituents is 2. The molecule has 2 aromatic carbocycles. The van der Waals surface area contributed by atoms with Gasteiger partial charge in [-0.1, -0.05) is 23.7 Å². The lowest BCUT2D eigenvalue weighted by Crippen LogP contribution is -2.08. The van der Waals surface area contributed by atoms with Gasteiger partial charge in [-0.2, -0.15) is 0 Å². The number of carbonyl (C=O) groups is 1. The summed E-state index contributed by atoms with van der Waals surface area (Å²) >= 11 is 5.87. The molecule has 0 aliphatic heterocycles. The molecular weight excluding hydrogens is 338 g/mol. The van der Waals surface area contributed by atoms with Crippen molar-refractivity contribution < 1.29 is 14.6 Å². The van der Waals surface area contributed by atoms with Gasteiger partial charge in [0.25, 0.3) is 11.4 Å². The molecule has 1 amide bonds. The highest BCUT2D eigenvalue weighted by Gasteiger charge is 2.10. The minimum atomic E-state index is -0.598. The standard InChI is InChI=1S/C15H10ClN3O5/c16-13-9-12(19(23)24)5-6-14(13)17-15(20)7-4-10-2-1-3-11(8-10)18(21)22/h1-9H,(H,17,20). The summed E-state index contributed by atoms with van der Waals surface area (Å²) in [6, 6.07) is 9.43. The molecule has 0 atom stereocenters. The van der Waals surface area contributed by atoms with Crippen LogP contribution in [0.1, 0.15) is 5.56 Å². The molecule has 0 aliphatic carbocycles. The van der Waals surface area contributed by atoms with Crippen LogP contribution < -0.4 is 5.32 Å². The van der Waals surface area contributed by atoms with Crippen LogP contribution in [-0.4, -0.2) is 15.8 Å². The first-order chi connectivity index (χ1) is 11.4. The Morgan fingerprint density at radius 1 is 1.04 bits per heavy atom. The first kappa shape index (κ1) is 17.1. The lowest BCUT2D eigenvalue weighted by molar-refractivity contribution is -0.385. The van der Waals surface area contributed by atoms with Gasteiger partial charge < -0.3 is 5.32 Å². The number of nitro groups is 2. The smallest absolute Gasteiger partial charge is 0.271 e. The molecule has 8 nitrogen and oxygen atoms in total. The van der Waals surface area contributed by atoms with Crippen LogP contribution in [0.2, 0.25) is 5.02 Å². The van der Waals surface area contributed by atoms with Gasteiger partial charge in [-0.3, -0.25) is 25.0 Å². The Kier molecular flexibility index (Phi) is 5.23. The van der Waals surface area contributed by atoms with Crippen molar-refractivity contribution in [3.63, 3.8) is 0 Å². The first-order valence-electron chi connectivity index (χ1n) is 6.54. The second kappa shape index (κ2) is 7.34. The quantitative estimate of drug-likeness (QED) is 0.501. The van der Waals surface area contributed by atoms with E-state index in [0.29, 0.717) is 5.56 Å². The summed E-state index contributed by atoms with van der Waals surface area (Å²) in [5.41, 5.74) is 0.422. The number of amides is 1. The maximum Gasteiger partial charge on any atom is 0.271 e. The topological polar surface area (TPSA) is 115 Å². The maximum atomic E-state index is 11.9. The number of nitrogens with one attached hydrogen (secondary N) is 1. The van der Waals surface area contributed by atoms with Gasteiger partial charge in [0, 0.05) is 30.3 Å². The Hall–Kier alpha value is -3.26. The van der Waals surface area contributed by atoms with Crippen molar-refractivity contribution in [1.82, 2.24) is 0 Å². The molecule has 0 saturated carbocycles. The highest BCUT2D eigenvalue weighted by molar-refractivity contribution is 6.34. The third kappa shape index (κ3) is 4.37. The Morgan fingerprint density at radius 3 is 2.33 bits per heavy atom. The van der Waals surface area contributed by atoms with Crippen LogP contribution in [0.15, 0.2) is 48.5 Å². The SMILES string of the molecule is O=C(C=Cc1cccc([N+](=O)[O-])c1)Nc1ccc([N+](=O)[O-])cc1Cl. The van der Waals surface area contributed by atoms with E-state index in [0.717, 1.165) is 6.07 Å². The van der Waals surface area contributed by atoms with E-state index in [1.807, 2.05) is 0 Å². The fourth-order valence-electron chi connectivity index (χ4n) is 1.81. The van der Waals surface area contributed by atoms with Crippen molar-refractivity contribution in [2.75, 3.05) is 5.32 Å². The number of nitrogens with zero attached hydrogens (tertiary/aromatic N) is 2. The number of nitro benzene ring substituents is 2. The first-order valence-corrected chi connectivity index (χ1v) is 6.92. The fraction of sp³-hybridized carbons (Fsp3) is 0. The van der Waals surface area contributed by atoms with E-state index < -0.39 is 15.8 Å². The van der Waals surface area contributed by atoms with Gasteiger partial charge >= 0.3 is 0 Å². The Bertz CT molecular complexity index is 851. The number of anilines is 1. The molecule has 2 rings (SSSR count). The predicted molar refractivity (Wildman–Crippen MR) is 88.9 cm³/mol. The minimum Gasteiger partial charge on any atom is -0.321 e. The molecule has 0 spiro atoms. The van der Waals surface area contributed by atoms with Crippen molar-refractivity contribution >= 4 is 40.6 Å². The highest BCUT2D eigenvalue weighted by atomic mass is 35.5. The van der Waals surface area contributed by atoms with Crippen LogP contribution in [0, 0.1) is 20.2 Å². The molecule has 0 heterocycles. The molecule has 24 heavy (non-hydrogen) atoms. The lowest BCUT2D eigenvalue weighted by Gasteiger charge is -2.04. The molecule has 0 saturated heterocycles. The molecule has 0 aliphatic rings. The summed E-state index contributed by atoms with van der Waals surface area (Å²) in [4.78, 5) is 32.0. The highest BCUT2D eigenvalue weighted by Crippen LogP contribution is 2.26. The van der Waals surface area contributed by atoms with Gasteiger partial charge in [0.15, 0.2) is 0 Å². The van der Waals surface area contributed by atoms with Crippen LogP contribution in [0.5, 0.6) is 0 Å². The van der Waals surface area contributed by atoms with E-state index in [9.17, 15) is 25.0 Å². The maximum absolute atomic E-state index is 11.9. The summed E-state index contributed by atoms with van der Waals surface area (Å²) in [7, 11) is 0. The van der Waals surface area contributed by atoms with E-state index in [4.69, 9.17) is 11.6 Å². The molecule has 0 fully saturated rings. The van der Waals surface area contributed by atoms with Gasteiger partial charge in [0.05, 0.1) is 20.6 Å². The Balaban J connectivity index is 2.09. The van der Waals surface area contributed by atoms with Crippen LogP contribution in [0.3, 0.4) is 0 Å². The largest absolute Gasteiger partial charge is 0.321 e. The van der Waals surface area contributed by atoms with E-state index >= 15 is 0 Å².